The molecule has 2 atom stereocenters. The second-order valence-electron chi connectivity index (χ2n) is 7.53. The summed E-state index contributed by atoms with van der Waals surface area (Å²) in [6, 6.07) is 14.5. The molecule has 8 heteroatoms. The Labute approximate surface area is 180 Å². The molecular weight excluding hydrogens is 404 g/mol. The van der Waals surface area contributed by atoms with E-state index in [-0.39, 0.29) is 23.9 Å². The number of hydrogen-bond acceptors (Lipinski definition) is 5. The molecular formula is C22H25ClN4O3. The number of carbonyl (C=O) groups is 2. The number of ether oxygens (including phenoxy) is 1. The number of benzene rings is 2. The van der Waals surface area contributed by atoms with Gasteiger partial charge in [0.2, 0.25) is 5.91 Å². The van der Waals surface area contributed by atoms with Gasteiger partial charge >= 0.3 is 0 Å². The predicted octanol–water partition coefficient (Wildman–Crippen LogP) is 2.24. The zero-order chi connectivity index (χ0) is 21.1. The molecule has 7 nitrogen and oxygen atoms in total. The molecule has 2 aromatic carbocycles. The number of nitrogens with one attached hydrogen (secondary N) is 2. The highest BCUT2D eigenvalue weighted by Gasteiger charge is 2.34. The molecule has 0 bridgehead atoms. The van der Waals surface area contributed by atoms with Crippen LogP contribution < -0.4 is 15.6 Å². The molecule has 2 fully saturated rings. The summed E-state index contributed by atoms with van der Waals surface area (Å²) in [5, 5.41) is 0.604. The minimum Gasteiger partial charge on any atom is -0.497 e. The quantitative estimate of drug-likeness (QED) is 0.781. The van der Waals surface area contributed by atoms with E-state index in [9.17, 15) is 9.59 Å². The zero-order valence-electron chi connectivity index (χ0n) is 16.8. The summed E-state index contributed by atoms with van der Waals surface area (Å²) in [5.41, 5.74) is 8.04. The summed E-state index contributed by atoms with van der Waals surface area (Å²) in [6.07, 6.45) is 0.663. The molecule has 2 aromatic rings. The van der Waals surface area contributed by atoms with Crippen LogP contribution in [0, 0.1) is 0 Å². The molecule has 0 spiro atoms. The van der Waals surface area contributed by atoms with Crippen molar-refractivity contribution in [3.63, 3.8) is 0 Å². The Morgan fingerprint density at radius 3 is 2.40 bits per heavy atom. The maximum atomic E-state index is 13.0. The Hall–Kier alpha value is -2.61. The second-order valence-corrected chi connectivity index (χ2v) is 7.97. The fourth-order valence-corrected chi connectivity index (χ4v) is 4.05. The highest BCUT2D eigenvalue weighted by atomic mass is 35.5. The summed E-state index contributed by atoms with van der Waals surface area (Å²) in [7, 11) is 1.64. The standard InChI is InChI=1S/C22H25ClN4O3/c1-30-18-4-2-3-16(13-18)19-14-20(25-24-19)22(29)27-11-9-26(10-12-27)21(28)15-5-7-17(23)8-6-15/h2-8,13,19-20,24-25H,9-12,14H2,1H3. The van der Waals surface area contributed by atoms with E-state index in [1.165, 1.54) is 0 Å². The van der Waals surface area contributed by atoms with E-state index in [0.29, 0.717) is 43.2 Å². The van der Waals surface area contributed by atoms with Gasteiger partial charge in [-0.3, -0.25) is 9.59 Å². The average Bonchev–Trinajstić information content (AvgIpc) is 3.29. The molecule has 0 radical (unpaired) electrons. The first kappa shape index (κ1) is 20.7. The van der Waals surface area contributed by atoms with E-state index >= 15 is 0 Å². The van der Waals surface area contributed by atoms with Crippen molar-refractivity contribution in [3.8, 4) is 5.75 Å². The molecule has 2 heterocycles. The monoisotopic (exact) mass is 428 g/mol. The van der Waals surface area contributed by atoms with Crippen LogP contribution in [-0.2, 0) is 4.79 Å². The lowest BCUT2D eigenvalue weighted by atomic mass is 10.0. The molecule has 0 aliphatic carbocycles. The number of nitrogens with zero attached hydrogens (tertiary/aromatic N) is 2. The first-order valence-corrected chi connectivity index (χ1v) is 10.4. The van der Waals surface area contributed by atoms with E-state index < -0.39 is 0 Å². The van der Waals surface area contributed by atoms with Crippen molar-refractivity contribution < 1.29 is 14.3 Å². The lowest BCUT2D eigenvalue weighted by Crippen LogP contribution is -2.54. The first-order chi connectivity index (χ1) is 14.5. The largest absolute Gasteiger partial charge is 0.497 e. The normalized spacial score (nSPS) is 21.5. The Morgan fingerprint density at radius 2 is 1.70 bits per heavy atom. The highest BCUT2D eigenvalue weighted by Crippen LogP contribution is 2.26. The molecule has 2 saturated heterocycles. The highest BCUT2D eigenvalue weighted by molar-refractivity contribution is 6.30. The molecule has 2 amide bonds. The maximum Gasteiger partial charge on any atom is 0.253 e. The first-order valence-electron chi connectivity index (χ1n) is 10.0. The van der Waals surface area contributed by atoms with Crippen molar-refractivity contribution in [3.05, 3.63) is 64.7 Å². The summed E-state index contributed by atoms with van der Waals surface area (Å²) < 4.78 is 5.29. The van der Waals surface area contributed by atoms with Gasteiger partial charge in [0, 0.05) is 42.8 Å². The van der Waals surface area contributed by atoms with Crippen molar-refractivity contribution in [1.29, 1.82) is 0 Å². The number of hydrazine groups is 1. The van der Waals surface area contributed by atoms with Crippen LogP contribution in [0.3, 0.4) is 0 Å². The number of rotatable bonds is 4. The van der Waals surface area contributed by atoms with E-state index in [2.05, 4.69) is 10.9 Å². The van der Waals surface area contributed by atoms with Crippen LogP contribution in [-0.4, -0.2) is 60.9 Å². The number of halogens is 1. The molecule has 2 N–H and O–H groups in total. The van der Waals surface area contributed by atoms with Gasteiger partial charge in [0.25, 0.3) is 5.91 Å². The Kier molecular flexibility index (Phi) is 6.22. The van der Waals surface area contributed by atoms with Gasteiger partial charge < -0.3 is 14.5 Å². The molecule has 0 saturated carbocycles. The zero-order valence-corrected chi connectivity index (χ0v) is 17.6. The van der Waals surface area contributed by atoms with Gasteiger partial charge in [-0.15, -0.1) is 0 Å². The smallest absolute Gasteiger partial charge is 0.253 e. The molecule has 2 unspecified atom stereocenters. The number of piperazine rings is 1. The topological polar surface area (TPSA) is 73.9 Å². The average molecular weight is 429 g/mol. The Morgan fingerprint density at radius 1 is 1.00 bits per heavy atom. The Bertz CT molecular complexity index is 913. The number of methoxy groups -OCH3 is 1. The maximum absolute atomic E-state index is 13.0. The predicted molar refractivity (Wildman–Crippen MR) is 114 cm³/mol. The van der Waals surface area contributed by atoms with E-state index in [4.69, 9.17) is 16.3 Å². The van der Waals surface area contributed by atoms with Crippen molar-refractivity contribution in [2.45, 2.75) is 18.5 Å². The van der Waals surface area contributed by atoms with Crippen molar-refractivity contribution in [2.24, 2.45) is 0 Å². The SMILES string of the molecule is COc1cccc(C2CC(C(=O)N3CCN(C(=O)c4ccc(Cl)cc4)CC3)NN2)c1. The van der Waals surface area contributed by atoms with Crippen LogP contribution in [0.1, 0.15) is 28.4 Å². The third-order valence-corrected chi connectivity index (χ3v) is 5.92. The van der Waals surface area contributed by atoms with E-state index in [0.717, 1.165) is 11.3 Å². The van der Waals surface area contributed by atoms with E-state index in [1.54, 1.807) is 36.3 Å². The van der Waals surface area contributed by atoms with Crippen molar-refractivity contribution in [2.75, 3.05) is 33.3 Å². The molecule has 158 valence electrons. The molecule has 4 rings (SSSR count). The number of amides is 2. The number of hydrogen-bond donors (Lipinski definition) is 2. The molecule has 0 aromatic heterocycles. The molecule has 2 aliphatic heterocycles. The number of carbonyl (C=O) groups excluding carboxylic acids is 2. The van der Waals surface area contributed by atoms with Crippen LogP contribution >= 0.6 is 11.6 Å². The minimum absolute atomic E-state index is 0.0301. The molecule has 30 heavy (non-hydrogen) atoms. The Balaban J connectivity index is 1.31. The van der Waals surface area contributed by atoms with Gasteiger partial charge in [-0.2, -0.15) is 0 Å². The fraction of sp³-hybridized carbons (Fsp3) is 0.364. The van der Waals surface area contributed by atoms with Crippen LogP contribution in [0.5, 0.6) is 5.75 Å². The van der Waals surface area contributed by atoms with E-state index in [1.807, 2.05) is 29.2 Å². The van der Waals surface area contributed by atoms with Gasteiger partial charge in [0.15, 0.2) is 0 Å². The third kappa shape index (κ3) is 4.43. The van der Waals surface area contributed by atoms with Crippen LogP contribution in [0.2, 0.25) is 5.02 Å². The van der Waals surface area contributed by atoms with Gasteiger partial charge in [0.1, 0.15) is 11.8 Å². The third-order valence-electron chi connectivity index (χ3n) is 5.67. The van der Waals surface area contributed by atoms with Crippen molar-refractivity contribution in [1.82, 2.24) is 20.7 Å². The summed E-state index contributed by atoms with van der Waals surface area (Å²) in [5.74, 6) is 0.828. The lowest BCUT2D eigenvalue weighted by Gasteiger charge is -2.36. The fourth-order valence-electron chi connectivity index (χ4n) is 3.92. The van der Waals surface area contributed by atoms with Crippen LogP contribution in [0.15, 0.2) is 48.5 Å². The lowest BCUT2D eigenvalue weighted by molar-refractivity contribution is -0.134. The minimum atomic E-state index is -0.292. The van der Waals surface area contributed by atoms with Crippen LogP contribution in [0.4, 0.5) is 0 Å². The van der Waals surface area contributed by atoms with Crippen molar-refractivity contribution >= 4 is 23.4 Å². The summed E-state index contributed by atoms with van der Waals surface area (Å²) >= 11 is 5.90. The van der Waals surface area contributed by atoms with Gasteiger partial charge in [-0.05, 0) is 48.4 Å². The van der Waals surface area contributed by atoms with Gasteiger partial charge in [0.05, 0.1) is 7.11 Å². The van der Waals surface area contributed by atoms with Gasteiger partial charge in [-0.25, -0.2) is 10.9 Å². The molecule has 2 aliphatic rings. The summed E-state index contributed by atoms with van der Waals surface area (Å²) in [4.78, 5) is 29.2. The summed E-state index contributed by atoms with van der Waals surface area (Å²) in [6.45, 7) is 2.10. The van der Waals surface area contributed by atoms with Gasteiger partial charge in [-0.1, -0.05) is 23.7 Å². The second kappa shape index (κ2) is 9.04. The van der Waals surface area contributed by atoms with Crippen LogP contribution in [0.25, 0.3) is 0 Å².